The summed E-state index contributed by atoms with van der Waals surface area (Å²) in [6.45, 7) is 7.31. The van der Waals surface area contributed by atoms with Crippen LogP contribution in [0.1, 0.15) is 18.9 Å². The van der Waals surface area contributed by atoms with Crippen molar-refractivity contribution in [2.24, 2.45) is 0 Å². The fourth-order valence-electron chi connectivity index (χ4n) is 1.95. The summed E-state index contributed by atoms with van der Waals surface area (Å²) < 4.78 is 12.6. The molecule has 1 aromatic carbocycles. The number of halogens is 1. The third-order valence-corrected chi connectivity index (χ3v) is 3.42. The summed E-state index contributed by atoms with van der Waals surface area (Å²) in [5.74, 6) is 1.83. The maximum atomic E-state index is 6.33. The number of hydrogen-bond acceptors (Lipinski definition) is 6. The molecule has 1 N–H and O–H groups in total. The first-order chi connectivity index (χ1) is 11.2. The first-order valence-electron chi connectivity index (χ1n) is 7.29. The Labute approximate surface area is 140 Å². The Morgan fingerprint density at radius 3 is 2.91 bits per heavy atom. The van der Waals surface area contributed by atoms with Crippen LogP contribution in [-0.4, -0.2) is 33.9 Å². The van der Waals surface area contributed by atoms with E-state index in [9.17, 15) is 0 Å². The van der Waals surface area contributed by atoms with E-state index in [2.05, 4.69) is 27.4 Å². The number of nitrogens with zero attached hydrogens (tertiary/aromatic N) is 4. The van der Waals surface area contributed by atoms with Crippen molar-refractivity contribution in [3.63, 3.8) is 0 Å². The van der Waals surface area contributed by atoms with Gasteiger partial charge in [0.05, 0.1) is 20.3 Å². The van der Waals surface area contributed by atoms with Crippen LogP contribution >= 0.6 is 11.6 Å². The van der Waals surface area contributed by atoms with Crippen LogP contribution < -0.4 is 14.8 Å². The van der Waals surface area contributed by atoms with Gasteiger partial charge in [-0.05, 0) is 28.5 Å². The molecule has 7 nitrogen and oxygen atoms in total. The average Bonchev–Trinajstić information content (AvgIpc) is 2.99. The molecule has 0 aliphatic rings. The van der Waals surface area contributed by atoms with Crippen molar-refractivity contribution in [2.45, 2.75) is 26.4 Å². The predicted octanol–water partition coefficient (Wildman–Crippen LogP) is 2.92. The number of ether oxygens (including phenoxy) is 2. The van der Waals surface area contributed by atoms with Gasteiger partial charge in [0.25, 0.3) is 0 Å². The molecule has 0 saturated heterocycles. The molecule has 2 aromatic rings. The second-order valence-electron chi connectivity index (χ2n) is 4.77. The number of hydrogen-bond donors (Lipinski definition) is 1. The van der Waals surface area contributed by atoms with Crippen molar-refractivity contribution in [1.29, 1.82) is 0 Å². The van der Waals surface area contributed by atoms with E-state index in [0.29, 0.717) is 42.2 Å². The lowest BCUT2D eigenvalue weighted by molar-refractivity contribution is 0.294. The molecule has 0 amide bonds. The van der Waals surface area contributed by atoms with Gasteiger partial charge in [-0.3, -0.25) is 0 Å². The maximum absolute atomic E-state index is 6.33. The summed E-state index contributed by atoms with van der Waals surface area (Å²) in [4.78, 5) is 0. The monoisotopic (exact) mass is 337 g/mol. The number of aromatic nitrogens is 4. The Balaban J connectivity index is 2.13. The van der Waals surface area contributed by atoms with Gasteiger partial charge < -0.3 is 14.8 Å². The summed E-state index contributed by atoms with van der Waals surface area (Å²) in [5.41, 5.74) is 0.862. The molecule has 8 heteroatoms. The second kappa shape index (κ2) is 8.38. The van der Waals surface area contributed by atoms with Crippen LogP contribution in [0.4, 0.5) is 5.95 Å². The quantitative estimate of drug-likeness (QED) is 0.709. The first-order valence-corrected chi connectivity index (χ1v) is 7.67. The van der Waals surface area contributed by atoms with Gasteiger partial charge in [-0.25, -0.2) is 4.68 Å². The minimum Gasteiger partial charge on any atom is -0.493 e. The Morgan fingerprint density at radius 2 is 2.22 bits per heavy atom. The van der Waals surface area contributed by atoms with E-state index >= 15 is 0 Å². The molecular weight excluding hydrogens is 318 g/mol. The zero-order chi connectivity index (χ0) is 16.7. The van der Waals surface area contributed by atoms with Crippen LogP contribution in [0.2, 0.25) is 5.02 Å². The van der Waals surface area contributed by atoms with E-state index in [-0.39, 0.29) is 0 Å². The van der Waals surface area contributed by atoms with Gasteiger partial charge in [-0.2, -0.15) is 0 Å². The zero-order valence-electron chi connectivity index (χ0n) is 13.3. The molecular formula is C15H20ClN5O2. The summed E-state index contributed by atoms with van der Waals surface area (Å²) in [5, 5.41) is 15.2. The van der Waals surface area contributed by atoms with Crippen LogP contribution in [0, 0.1) is 0 Å². The Bertz CT molecular complexity index is 659. The fourth-order valence-corrected chi connectivity index (χ4v) is 2.17. The lowest BCUT2D eigenvalue weighted by Crippen LogP contribution is -2.09. The summed E-state index contributed by atoms with van der Waals surface area (Å²) in [6.07, 6.45) is 2.63. The number of allylic oxidation sites excluding steroid dienone is 1. The topological polar surface area (TPSA) is 74.1 Å². The van der Waals surface area contributed by atoms with E-state index in [1.165, 1.54) is 0 Å². The van der Waals surface area contributed by atoms with Gasteiger partial charge in [0, 0.05) is 17.6 Å². The maximum Gasteiger partial charge on any atom is 0.243 e. The van der Waals surface area contributed by atoms with Crippen LogP contribution in [-0.2, 0) is 13.1 Å². The summed E-state index contributed by atoms with van der Waals surface area (Å²) in [6, 6.07) is 3.61. The predicted molar refractivity (Wildman–Crippen MR) is 89.1 cm³/mol. The molecule has 124 valence electrons. The highest BCUT2D eigenvalue weighted by Crippen LogP contribution is 2.33. The van der Waals surface area contributed by atoms with Crippen molar-refractivity contribution < 1.29 is 9.47 Å². The minimum absolute atomic E-state index is 0.459. The Kier molecular flexibility index (Phi) is 6.22. The third-order valence-electron chi connectivity index (χ3n) is 3.07. The number of anilines is 1. The smallest absolute Gasteiger partial charge is 0.243 e. The highest BCUT2D eigenvalue weighted by atomic mass is 35.5. The summed E-state index contributed by atoms with van der Waals surface area (Å²) in [7, 11) is 1.60. The molecule has 0 bridgehead atoms. The van der Waals surface area contributed by atoms with Gasteiger partial charge in [0.2, 0.25) is 5.95 Å². The Hall–Kier alpha value is -2.28. The number of tetrazole rings is 1. The van der Waals surface area contributed by atoms with Gasteiger partial charge in [-0.1, -0.05) is 29.7 Å². The van der Waals surface area contributed by atoms with Crippen LogP contribution in [0.25, 0.3) is 0 Å². The van der Waals surface area contributed by atoms with E-state index < -0.39 is 0 Å². The highest BCUT2D eigenvalue weighted by Gasteiger charge is 2.12. The number of rotatable bonds is 9. The molecule has 0 radical (unpaired) electrons. The van der Waals surface area contributed by atoms with E-state index in [0.717, 1.165) is 12.0 Å². The lowest BCUT2D eigenvalue weighted by Gasteiger charge is -2.14. The van der Waals surface area contributed by atoms with Crippen LogP contribution in [0.3, 0.4) is 0 Å². The normalized spacial score (nSPS) is 10.4. The average molecular weight is 338 g/mol. The molecule has 1 aromatic heterocycles. The molecule has 0 atom stereocenters. The second-order valence-corrected chi connectivity index (χ2v) is 5.18. The molecule has 0 fully saturated rings. The highest BCUT2D eigenvalue weighted by molar-refractivity contribution is 6.31. The summed E-state index contributed by atoms with van der Waals surface area (Å²) >= 11 is 6.33. The van der Waals surface area contributed by atoms with Crippen LogP contribution in [0.15, 0.2) is 24.8 Å². The van der Waals surface area contributed by atoms with Gasteiger partial charge in [-0.15, -0.1) is 6.58 Å². The first kappa shape index (κ1) is 17.1. The zero-order valence-corrected chi connectivity index (χ0v) is 14.0. The number of methoxy groups -OCH3 is 1. The largest absolute Gasteiger partial charge is 0.493 e. The molecule has 23 heavy (non-hydrogen) atoms. The van der Waals surface area contributed by atoms with Crippen molar-refractivity contribution in [3.8, 4) is 11.5 Å². The van der Waals surface area contributed by atoms with Gasteiger partial charge in [0.15, 0.2) is 11.5 Å². The molecule has 0 aliphatic carbocycles. The Morgan fingerprint density at radius 1 is 1.39 bits per heavy atom. The van der Waals surface area contributed by atoms with E-state index in [1.807, 2.05) is 13.0 Å². The van der Waals surface area contributed by atoms with Crippen molar-refractivity contribution in [1.82, 2.24) is 20.2 Å². The fraction of sp³-hybridized carbons (Fsp3) is 0.400. The van der Waals surface area contributed by atoms with Crippen molar-refractivity contribution in [3.05, 3.63) is 35.4 Å². The standard InChI is InChI=1S/C15H20ClN5O2/c1-4-6-21-15(18-19-20-21)17-10-11-8-13(22-3)14(9-12(11)16)23-7-5-2/h4,8-9H,1,5-7,10H2,2-3H3,(H,17,18,20). The van der Waals surface area contributed by atoms with Crippen molar-refractivity contribution in [2.75, 3.05) is 19.0 Å². The van der Waals surface area contributed by atoms with E-state index in [1.54, 1.807) is 23.9 Å². The minimum atomic E-state index is 0.459. The molecule has 2 rings (SSSR count). The van der Waals surface area contributed by atoms with Crippen LogP contribution in [0.5, 0.6) is 11.5 Å². The number of nitrogens with one attached hydrogen (secondary N) is 1. The molecule has 1 heterocycles. The third kappa shape index (κ3) is 4.35. The van der Waals surface area contributed by atoms with Crippen molar-refractivity contribution >= 4 is 17.5 Å². The SMILES string of the molecule is C=CCn1nnnc1NCc1cc(OC)c(OCCC)cc1Cl. The lowest BCUT2D eigenvalue weighted by atomic mass is 10.2. The molecule has 0 spiro atoms. The molecule has 0 unspecified atom stereocenters. The number of benzene rings is 1. The molecule has 0 saturated carbocycles. The van der Waals surface area contributed by atoms with Gasteiger partial charge >= 0.3 is 0 Å². The molecule has 0 aliphatic heterocycles. The van der Waals surface area contributed by atoms with Gasteiger partial charge in [0.1, 0.15) is 0 Å². The van der Waals surface area contributed by atoms with E-state index in [4.69, 9.17) is 21.1 Å².